The summed E-state index contributed by atoms with van der Waals surface area (Å²) >= 11 is 0. The van der Waals surface area contributed by atoms with Gasteiger partial charge >= 0.3 is 5.97 Å². The van der Waals surface area contributed by atoms with Gasteiger partial charge in [0.2, 0.25) is 0 Å². The molecule has 0 radical (unpaired) electrons. The number of nitrogens with one attached hydrogen (secondary N) is 1. The van der Waals surface area contributed by atoms with Gasteiger partial charge < -0.3 is 15.0 Å². The molecule has 0 aromatic carbocycles. The van der Waals surface area contributed by atoms with Crippen molar-refractivity contribution in [2.45, 2.75) is 52.5 Å². The monoisotopic (exact) mass is 272 g/mol. The van der Waals surface area contributed by atoms with E-state index in [9.17, 15) is 4.79 Å². The van der Waals surface area contributed by atoms with Gasteiger partial charge in [-0.05, 0) is 39.3 Å². The van der Waals surface area contributed by atoms with E-state index < -0.39 is 5.54 Å². The second-order valence-corrected chi connectivity index (χ2v) is 5.78. The molecule has 4 heteroatoms. The summed E-state index contributed by atoms with van der Waals surface area (Å²) in [6.45, 7) is 11.3. The summed E-state index contributed by atoms with van der Waals surface area (Å²) < 4.78 is 4.93. The lowest BCUT2D eigenvalue weighted by atomic mass is 9.97. The molecule has 1 N–H and O–H groups in total. The van der Waals surface area contributed by atoms with Crippen LogP contribution in [0, 0.1) is 5.92 Å². The smallest absolute Gasteiger partial charge is 0.325 e. The highest BCUT2D eigenvalue weighted by atomic mass is 16.5. The van der Waals surface area contributed by atoms with Gasteiger partial charge in [0, 0.05) is 13.1 Å². The fraction of sp³-hybridized carbons (Fsp3) is 0.933. The molecule has 0 bridgehead atoms. The van der Waals surface area contributed by atoms with Crippen molar-refractivity contribution in [2.24, 2.45) is 5.92 Å². The molecule has 0 saturated heterocycles. The van der Waals surface area contributed by atoms with Crippen molar-refractivity contribution < 1.29 is 9.53 Å². The molecule has 0 spiro atoms. The van der Waals surface area contributed by atoms with Crippen LogP contribution in [0.15, 0.2) is 0 Å². The van der Waals surface area contributed by atoms with Crippen LogP contribution in [0.4, 0.5) is 0 Å². The van der Waals surface area contributed by atoms with Crippen LogP contribution in [-0.4, -0.2) is 50.2 Å². The van der Waals surface area contributed by atoms with E-state index in [1.54, 1.807) is 0 Å². The van der Waals surface area contributed by atoms with Gasteiger partial charge in [0.15, 0.2) is 0 Å². The number of hydrogen-bond acceptors (Lipinski definition) is 4. The van der Waals surface area contributed by atoms with E-state index in [1.807, 2.05) is 6.92 Å². The molecule has 114 valence electrons. The van der Waals surface area contributed by atoms with E-state index in [4.69, 9.17) is 4.74 Å². The maximum Gasteiger partial charge on any atom is 0.325 e. The lowest BCUT2D eigenvalue weighted by Crippen LogP contribution is -2.52. The molecule has 0 aliphatic rings. The van der Waals surface area contributed by atoms with Gasteiger partial charge in [-0.1, -0.05) is 27.2 Å². The number of esters is 1. The topological polar surface area (TPSA) is 41.6 Å². The first-order valence-corrected chi connectivity index (χ1v) is 7.41. The molecule has 2 atom stereocenters. The Hall–Kier alpha value is -0.610. The lowest BCUT2D eigenvalue weighted by Gasteiger charge is -2.30. The summed E-state index contributed by atoms with van der Waals surface area (Å²) in [6, 6.07) is 0. The first kappa shape index (κ1) is 18.4. The Morgan fingerprint density at radius 1 is 1.42 bits per heavy atom. The second kappa shape index (κ2) is 9.32. The highest BCUT2D eigenvalue weighted by molar-refractivity contribution is 5.80. The number of carbonyl (C=O) groups excluding carboxylic acids is 1. The van der Waals surface area contributed by atoms with Crippen LogP contribution in [0.1, 0.15) is 47.0 Å². The number of methoxy groups -OCH3 is 1. The van der Waals surface area contributed by atoms with Crippen molar-refractivity contribution in [3.63, 3.8) is 0 Å². The van der Waals surface area contributed by atoms with Crippen LogP contribution in [0.25, 0.3) is 0 Å². The molecule has 0 fully saturated rings. The summed E-state index contributed by atoms with van der Waals surface area (Å²) in [5.74, 6) is 0.524. The highest BCUT2D eigenvalue weighted by Crippen LogP contribution is 2.14. The zero-order chi connectivity index (χ0) is 14.9. The number of rotatable bonds is 10. The van der Waals surface area contributed by atoms with Crippen molar-refractivity contribution in [3.05, 3.63) is 0 Å². The van der Waals surface area contributed by atoms with E-state index in [2.05, 4.69) is 38.0 Å². The Kier molecular flexibility index (Phi) is 9.02. The summed E-state index contributed by atoms with van der Waals surface area (Å²) in [6.07, 6.45) is 2.97. The molecule has 19 heavy (non-hydrogen) atoms. The van der Waals surface area contributed by atoms with Crippen LogP contribution in [-0.2, 0) is 9.53 Å². The summed E-state index contributed by atoms with van der Waals surface area (Å²) in [4.78, 5) is 14.2. The van der Waals surface area contributed by atoms with Crippen molar-refractivity contribution in [3.8, 4) is 0 Å². The van der Waals surface area contributed by atoms with Gasteiger partial charge in [0.25, 0.3) is 0 Å². The lowest BCUT2D eigenvalue weighted by molar-refractivity contribution is -0.148. The number of hydrogen-bond donors (Lipinski definition) is 1. The SMILES string of the molecule is CCCNC(C)(CCN(C)CC(C)CC)C(=O)OC. The predicted molar refractivity (Wildman–Crippen MR) is 80.3 cm³/mol. The van der Waals surface area contributed by atoms with Crippen LogP contribution < -0.4 is 5.32 Å². The number of nitrogens with zero attached hydrogens (tertiary/aromatic N) is 1. The van der Waals surface area contributed by atoms with Gasteiger partial charge in [-0.2, -0.15) is 0 Å². The van der Waals surface area contributed by atoms with E-state index >= 15 is 0 Å². The Morgan fingerprint density at radius 3 is 2.53 bits per heavy atom. The van der Waals surface area contributed by atoms with Crippen LogP contribution in [0.2, 0.25) is 0 Å². The summed E-state index contributed by atoms with van der Waals surface area (Å²) in [5.41, 5.74) is -0.575. The number of ether oxygens (including phenoxy) is 1. The van der Waals surface area contributed by atoms with Gasteiger partial charge in [-0.25, -0.2) is 0 Å². The molecule has 0 rings (SSSR count). The largest absolute Gasteiger partial charge is 0.468 e. The molecule has 0 saturated carbocycles. The summed E-state index contributed by atoms with van der Waals surface area (Å²) in [5, 5.41) is 3.32. The maximum absolute atomic E-state index is 11.9. The van der Waals surface area contributed by atoms with Crippen molar-refractivity contribution in [1.29, 1.82) is 0 Å². The first-order chi connectivity index (χ1) is 8.89. The standard InChI is InChI=1S/C15H32N2O2/c1-7-10-16-15(4,14(18)19-6)9-11-17(5)12-13(3)8-2/h13,16H,7-12H2,1-6H3. The Bertz CT molecular complexity index is 259. The molecular weight excluding hydrogens is 240 g/mol. The molecule has 4 nitrogen and oxygen atoms in total. The quantitative estimate of drug-likeness (QED) is 0.620. The normalized spacial score (nSPS) is 16.2. The van der Waals surface area contributed by atoms with Gasteiger partial charge in [-0.3, -0.25) is 4.79 Å². The molecule has 0 aromatic rings. The molecular formula is C15H32N2O2. The minimum Gasteiger partial charge on any atom is -0.468 e. The van der Waals surface area contributed by atoms with Gasteiger partial charge in [0.05, 0.1) is 7.11 Å². The van der Waals surface area contributed by atoms with Crippen molar-refractivity contribution in [1.82, 2.24) is 10.2 Å². The predicted octanol–water partition coefficient (Wildman–Crippen LogP) is 2.29. The molecule has 2 unspecified atom stereocenters. The Morgan fingerprint density at radius 2 is 2.05 bits per heavy atom. The Labute approximate surface area is 118 Å². The third-order valence-electron chi connectivity index (χ3n) is 3.71. The third kappa shape index (κ3) is 6.92. The average Bonchev–Trinajstić information content (AvgIpc) is 2.41. The Balaban J connectivity index is 4.36. The maximum atomic E-state index is 11.9. The molecule has 0 aliphatic heterocycles. The fourth-order valence-electron chi connectivity index (χ4n) is 2.06. The minimum absolute atomic E-state index is 0.169. The van der Waals surface area contributed by atoms with Gasteiger partial charge in [-0.15, -0.1) is 0 Å². The molecule has 0 heterocycles. The molecule has 0 aromatic heterocycles. The van der Waals surface area contributed by atoms with E-state index in [0.29, 0.717) is 5.92 Å². The van der Waals surface area contributed by atoms with E-state index in [0.717, 1.165) is 32.5 Å². The van der Waals surface area contributed by atoms with Crippen LogP contribution >= 0.6 is 0 Å². The number of carbonyl (C=O) groups is 1. The average molecular weight is 272 g/mol. The zero-order valence-corrected chi connectivity index (χ0v) is 13.6. The molecule has 0 amide bonds. The first-order valence-electron chi connectivity index (χ1n) is 7.41. The van der Waals surface area contributed by atoms with Crippen LogP contribution in [0.3, 0.4) is 0 Å². The molecule has 0 aliphatic carbocycles. The second-order valence-electron chi connectivity index (χ2n) is 5.78. The zero-order valence-electron chi connectivity index (χ0n) is 13.6. The highest BCUT2D eigenvalue weighted by Gasteiger charge is 2.33. The van der Waals surface area contributed by atoms with Crippen LogP contribution in [0.5, 0.6) is 0 Å². The van der Waals surface area contributed by atoms with Gasteiger partial charge in [0.1, 0.15) is 5.54 Å². The van der Waals surface area contributed by atoms with Crippen molar-refractivity contribution in [2.75, 3.05) is 33.8 Å². The minimum atomic E-state index is -0.575. The third-order valence-corrected chi connectivity index (χ3v) is 3.71. The fourth-order valence-corrected chi connectivity index (χ4v) is 2.06. The summed E-state index contributed by atoms with van der Waals surface area (Å²) in [7, 11) is 3.57. The van der Waals surface area contributed by atoms with Crippen molar-refractivity contribution >= 4 is 5.97 Å². The van der Waals surface area contributed by atoms with E-state index in [-0.39, 0.29) is 5.97 Å². The van der Waals surface area contributed by atoms with E-state index in [1.165, 1.54) is 13.5 Å².